The first-order valence-electron chi connectivity index (χ1n) is 9.61. The van der Waals surface area contributed by atoms with Gasteiger partial charge in [0.25, 0.3) is 0 Å². The predicted octanol–water partition coefficient (Wildman–Crippen LogP) is 6.75. The Morgan fingerprint density at radius 3 is 1.74 bits per heavy atom. The van der Waals surface area contributed by atoms with E-state index in [1.54, 1.807) is 0 Å². The van der Waals surface area contributed by atoms with Crippen LogP contribution in [0.1, 0.15) is 104 Å². The maximum Gasteiger partial charge on any atom is 0.305 e. The Balaban J connectivity index is 0. The number of allylic oxidation sites excluding steroid dienone is 2. The fraction of sp³-hybridized carbons (Fsp3) is 0.850. The molecule has 0 atom stereocenters. The zero-order chi connectivity index (χ0) is 16.3. The molecule has 0 heterocycles. The number of rotatable bonds is 16. The van der Waals surface area contributed by atoms with Gasteiger partial charge in [-0.15, -0.1) is 0 Å². The quantitative estimate of drug-likeness (QED) is 0.194. The SMILES string of the molecule is CCCCCCCC/C=C\CCCCCCCC(=O)OCC.N. The van der Waals surface area contributed by atoms with Crippen LogP contribution in [0.2, 0.25) is 0 Å². The average molecular weight is 328 g/mol. The van der Waals surface area contributed by atoms with Crippen molar-refractivity contribution in [3.63, 3.8) is 0 Å². The van der Waals surface area contributed by atoms with E-state index in [1.807, 2.05) is 6.92 Å². The molecule has 138 valence electrons. The second kappa shape index (κ2) is 21.2. The molecule has 0 unspecified atom stereocenters. The average Bonchev–Trinajstić information content (AvgIpc) is 2.51. The molecule has 0 aromatic heterocycles. The second-order valence-corrected chi connectivity index (χ2v) is 6.14. The summed E-state index contributed by atoms with van der Waals surface area (Å²) in [6, 6.07) is 0. The van der Waals surface area contributed by atoms with Crippen LogP contribution in [0.25, 0.3) is 0 Å². The predicted molar refractivity (Wildman–Crippen MR) is 101 cm³/mol. The molecular formula is C20H41NO2. The van der Waals surface area contributed by atoms with Gasteiger partial charge in [-0.25, -0.2) is 0 Å². The Hall–Kier alpha value is -0.830. The second-order valence-electron chi connectivity index (χ2n) is 6.14. The first-order chi connectivity index (χ1) is 10.8. The molecule has 0 amide bonds. The molecule has 3 nitrogen and oxygen atoms in total. The summed E-state index contributed by atoms with van der Waals surface area (Å²) in [4.78, 5) is 11.1. The molecular weight excluding hydrogens is 286 g/mol. The lowest BCUT2D eigenvalue weighted by Gasteiger charge is -2.01. The highest BCUT2D eigenvalue weighted by molar-refractivity contribution is 5.69. The zero-order valence-electron chi connectivity index (χ0n) is 15.8. The van der Waals surface area contributed by atoms with Crippen molar-refractivity contribution in [2.45, 2.75) is 104 Å². The third-order valence-electron chi connectivity index (χ3n) is 3.95. The third kappa shape index (κ3) is 21.2. The van der Waals surface area contributed by atoms with E-state index in [0.717, 1.165) is 12.8 Å². The molecule has 23 heavy (non-hydrogen) atoms. The highest BCUT2D eigenvalue weighted by atomic mass is 16.5. The summed E-state index contributed by atoms with van der Waals surface area (Å²) >= 11 is 0. The van der Waals surface area contributed by atoms with Crippen LogP contribution in [0.3, 0.4) is 0 Å². The van der Waals surface area contributed by atoms with E-state index >= 15 is 0 Å². The van der Waals surface area contributed by atoms with E-state index in [0.29, 0.717) is 13.0 Å². The molecule has 0 radical (unpaired) electrons. The molecule has 0 aliphatic heterocycles. The number of unbranched alkanes of at least 4 members (excludes halogenated alkanes) is 11. The molecule has 0 spiro atoms. The normalized spacial score (nSPS) is 10.7. The first kappa shape index (κ1) is 24.4. The van der Waals surface area contributed by atoms with Gasteiger partial charge in [-0.2, -0.15) is 0 Å². The smallest absolute Gasteiger partial charge is 0.305 e. The van der Waals surface area contributed by atoms with Gasteiger partial charge in [0.15, 0.2) is 0 Å². The van der Waals surface area contributed by atoms with Gasteiger partial charge < -0.3 is 10.9 Å². The molecule has 0 rings (SSSR count). The summed E-state index contributed by atoms with van der Waals surface area (Å²) in [6.07, 6.45) is 22.0. The van der Waals surface area contributed by atoms with Gasteiger partial charge in [-0.05, 0) is 39.0 Å². The van der Waals surface area contributed by atoms with Crippen molar-refractivity contribution in [1.82, 2.24) is 6.15 Å². The van der Waals surface area contributed by atoms with Gasteiger partial charge in [0.1, 0.15) is 0 Å². The van der Waals surface area contributed by atoms with Crippen LogP contribution in [0.15, 0.2) is 12.2 Å². The Bertz CT molecular complexity index is 264. The minimum Gasteiger partial charge on any atom is -0.466 e. The Morgan fingerprint density at radius 1 is 0.739 bits per heavy atom. The van der Waals surface area contributed by atoms with Gasteiger partial charge in [-0.1, -0.05) is 70.4 Å². The molecule has 0 aliphatic carbocycles. The van der Waals surface area contributed by atoms with Crippen LogP contribution in [0.4, 0.5) is 0 Å². The highest BCUT2D eigenvalue weighted by Gasteiger charge is 2.00. The molecule has 0 bridgehead atoms. The lowest BCUT2D eigenvalue weighted by molar-refractivity contribution is -0.143. The number of esters is 1. The van der Waals surface area contributed by atoms with Crippen molar-refractivity contribution in [3.05, 3.63) is 12.2 Å². The van der Waals surface area contributed by atoms with E-state index in [4.69, 9.17) is 4.74 Å². The summed E-state index contributed by atoms with van der Waals surface area (Å²) in [6.45, 7) is 4.63. The van der Waals surface area contributed by atoms with E-state index in [9.17, 15) is 4.79 Å². The molecule has 0 aromatic rings. The van der Waals surface area contributed by atoms with E-state index in [-0.39, 0.29) is 12.1 Å². The van der Waals surface area contributed by atoms with Crippen molar-refractivity contribution in [2.24, 2.45) is 0 Å². The standard InChI is InChI=1S/C20H38O2.H3N/c1-3-5-6-7-8-9-10-11-12-13-14-15-16-17-18-19-20(21)22-4-2;/h11-12H,3-10,13-19H2,1-2H3;1H3/b12-11-;. The monoisotopic (exact) mass is 327 g/mol. The summed E-state index contributed by atoms with van der Waals surface area (Å²) < 4.78 is 4.91. The lowest BCUT2D eigenvalue weighted by atomic mass is 10.1. The van der Waals surface area contributed by atoms with Crippen LogP contribution in [0, 0.1) is 0 Å². The van der Waals surface area contributed by atoms with Crippen molar-refractivity contribution < 1.29 is 9.53 Å². The maximum atomic E-state index is 11.1. The molecule has 0 fully saturated rings. The van der Waals surface area contributed by atoms with Gasteiger partial charge in [0.05, 0.1) is 6.61 Å². The van der Waals surface area contributed by atoms with Crippen LogP contribution < -0.4 is 6.15 Å². The Morgan fingerprint density at radius 2 is 1.22 bits per heavy atom. The van der Waals surface area contributed by atoms with Gasteiger partial charge in [-0.3, -0.25) is 4.79 Å². The Labute approximate surface area is 144 Å². The summed E-state index contributed by atoms with van der Waals surface area (Å²) in [5.41, 5.74) is 0. The van der Waals surface area contributed by atoms with Crippen molar-refractivity contribution in [3.8, 4) is 0 Å². The molecule has 0 saturated carbocycles. The fourth-order valence-corrected chi connectivity index (χ4v) is 2.57. The van der Waals surface area contributed by atoms with E-state index < -0.39 is 0 Å². The number of hydrogen-bond donors (Lipinski definition) is 1. The molecule has 0 aliphatic rings. The summed E-state index contributed by atoms with van der Waals surface area (Å²) in [7, 11) is 0. The number of hydrogen-bond acceptors (Lipinski definition) is 3. The number of carbonyl (C=O) groups excluding carboxylic acids is 1. The largest absolute Gasteiger partial charge is 0.466 e. The Kier molecular flexibility index (Phi) is 22.5. The maximum absolute atomic E-state index is 11.1. The molecule has 0 saturated heterocycles. The summed E-state index contributed by atoms with van der Waals surface area (Å²) in [5, 5.41) is 0. The minimum atomic E-state index is -0.0415. The van der Waals surface area contributed by atoms with Crippen LogP contribution in [-0.4, -0.2) is 12.6 Å². The molecule has 3 N–H and O–H groups in total. The number of carbonyl (C=O) groups is 1. The van der Waals surface area contributed by atoms with Crippen molar-refractivity contribution in [2.75, 3.05) is 6.61 Å². The van der Waals surface area contributed by atoms with Crippen molar-refractivity contribution in [1.29, 1.82) is 0 Å². The van der Waals surface area contributed by atoms with Gasteiger partial charge in [0.2, 0.25) is 0 Å². The van der Waals surface area contributed by atoms with Crippen molar-refractivity contribution >= 4 is 5.97 Å². The first-order valence-corrected chi connectivity index (χ1v) is 9.61. The van der Waals surface area contributed by atoms with Crippen LogP contribution in [-0.2, 0) is 9.53 Å². The van der Waals surface area contributed by atoms with E-state index in [2.05, 4.69) is 19.1 Å². The highest BCUT2D eigenvalue weighted by Crippen LogP contribution is 2.10. The van der Waals surface area contributed by atoms with Crippen LogP contribution >= 0.6 is 0 Å². The zero-order valence-corrected chi connectivity index (χ0v) is 15.8. The summed E-state index contributed by atoms with van der Waals surface area (Å²) in [5.74, 6) is -0.0415. The van der Waals surface area contributed by atoms with Crippen LogP contribution in [0.5, 0.6) is 0 Å². The van der Waals surface area contributed by atoms with E-state index in [1.165, 1.54) is 70.6 Å². The topological polar surface area (TPSA) is 61.3 Å². The van der Waals surface area contributed by atoms with Gasteiger partial charge >= 0.3 is 5.97 Å². The van der Waals surface area contributed by atoms with Gasteiger partial charge in [0, 0.05) is 6.42 Å². The lowest BCUT2D eigenvalue weighted by Crippen LogP contribution is -2.03. The molecule has 3 heteroatoms. The number of ether oxygens (including phenoxy) is 1. The third-order valence-corrected chi connectivity index (χ3v) is 3.95. The molecule has 0 aromatic carbocycles. The fourth-order valence-electron chi connectivity index (χ4n) is 2.57. The minimum absolute atomic E-state index is 0.